The summed E-state index contributed by atoms with van der Waals surface area (Å²) in [7, 11) is -4.30. The third kappa shape index (κ3) is 4.10. The molecule has 0 radical (unpaired) electrons. The van der Waals surface area contributed by atoms with Crippen molar-refractivity contribution in [3.63, 3.8) is 0 Å². The van der Waals surface area contributed by atoms with Crippen LogP contribution in [0.5, 0.6) is 5.75 Å². The van der Waals surface area contributed by atoms with E-state index in [2.05, 4.69) is 24.3 Å². The van der Waals surface area contributed by atoms with Gasteiger partial charge in [-0.25, -0.2) is 4.42 Å². The molecule has 0 N–H and O–H groups in total. The molecule has 1 aliphatic rings. The summed E-state index contributed by atoms with van der Waals surface area (Å²) in [6, 6.07) is 16.6. The summed E-state index contributed by atoms with van der Waals surface area (Å²) in [5.41, 5.74) is 4.73. The average Bonchev–Trinajstić information content (AvgIpc) is 2.58. The maximum absolute atomic E-state index is 9.75. The molecule has 1 aromatic heterocycles. The number of ether oxygens (including phenoxy) is 1. The lowest BCUT2D eigenvalue weighted by atomic mass is 9.89. The Kier molecular flexibility index (Phi) is 4.66. The van der Waals surface area contributed by atoms with Crippen molar-refractivity contribution in [2.24, 2.45) is 0 Å². The van der Waals surface area contributed by atoms with Crippen molar-refractivity contribution in [1.29, 1.82) is 0 Å². The molecule has 0 spiro atoms. The molecule has 3 aromatic rings. The third-order valence-electron chi connectivity index (χ3n) is 3.97. The second kappa shape index (κ2) is 6.74. The van der Waals surface area contributed by atoms with Gasteiger partial charge in [-0.15, -0.1) is 0 Å². The van der Waals surface area contributed by atoms with E-state index in [9.17, 15) is 17.3 Å². The lowest BCUT2D eigenvalue weighted by Gasteiger charge is -2.13. The van der Waals surface area contributed by atoms with Gasteiger partial charge in [-0.3, -0.25) is 0 Å². The maximum atomic E-state index is 9.75. The molecule has 25 heavy (non-hydrogen) atoms. The third-order valence-corrected chi connectivity index (χ3v) is 3.97. The van der Waals surface area contributed by atoms with E-state index in [1.807, 2.05) is 24.3 Å². The van der Waals surface area contributed by atoms with Crippen molar-refractivity contribution >= 4 is 18.2 Å². The summed E-state index contributed by atoms with van der Waals surface area (Å²) in [5, 5.41) is 1.17. The lowest BCUT2D eigenvalue weighted by molar-refractivity contribution is 0.368. The number of fused-ring (bicyclic) bond motifs is 4. The van der Waals surface area contributed by atoms with Gasteiger partial charge in [0.15, 0.2) is 0 Å². The highest BCUT2D eigenvalue weighted by molar-refractivity contribution is 6.50. The first-order chi connectivity index (χ1) is 11.8. The quantitative estimate of drug-likeness (QED) is 0.315. The number of para-hydroxylation sites is 1. The van der Waals surface area contributed by atoms with Gasteiger partial charge in [0.1, 0.15) is 5.75 Å². The second-order valence-electron chi connectivity index (χ2n) is 5.66. The molecule has 0 saturated carbocycles. The Bertz CT molecular complexity index is 903. The van der Waals surface area contributed by atoms with Gasteiger partial charge >= 0.3 is 18.6 Å². The highest BCUT2D eigenvalue weighted by atomic mass is 19.5. The summed E-state index contributed by atoms with van der Waals surface area (Å²) in [5.74, 6) is 1.92. The van der Waals surface area contributed by atoms with Gasteiger partial charge < -0.3 is 22.0 Å². The first-order valence-corrected chi connectivity index (χ1v) is 7.74. The van der Waals surface area contributed by atoms with E-state index in [1.54, 1.807) is 7.11 Å². The number of benzene rings is 2. The Hall–Kier alpha value is -2.57. The molecule has 0 fully saturated rings. The molecule has 2 nitrogen and oxygen atoms in total. The van der Waals surface area contributed by atoms with Gasteiger partial charge in [0.2, 0.25) is 0 Å². The first kappa shape index (κ1) is 17.3. The van der Waals surface area contributed by atoms with Crippen LogP contribution in [0.3, 0.4) is 0 Å². The van der Waals surface area contributed by atoms with Gasteiger partial charge in [-0.1, -0.05) is 12.1 Å². The molecular weight excluding hydrogens is 335 g/mol. The average molecular weight is 350 g/mol. The zero-order valence-corrected chi connectivity index (χ0v) is 13.4. The zero-order valence-electron chi connectivity index (χ0n) is 13.4. The van der Waals surface area contributed by atoms with Crippen molar-refractivity contribution in [3.05, 3.63) is 59.7 Å². The predicted octanol–water partition coefficient (Wildman–Crippen LogP) is 5.79. The molecule has 0 amide bonds. The molecule has 0 atom stereocenters. The molecule has 4 rings (SSSR count). The van der Waals surface area contributed by atoms with Crippen LogP contribution in [0.15, 0.2) is 52.9 Å². The van der Waals surface area contributed by atoms with Crippen LogP contribution in [-0.4, -0.2) is 14.4 Å². The Morgan fingerprint density at radius 2 is 1.60 bits per heavy atom. The number of rotatable bonds is 1. The smallest absolute Gasteiger partial charge is 0.497 e. The van der Waals surface area contributed by atoms with Gasteiger partial charge in [0, 0.05) is 6.07 Å². The van der Waals surface area contributed by atoms with Crippen LogP contribution >= 0.6 is 0 Å². The van der Waals surface area contributed by atoms with E-state index < -0.39 is 7.25 Å². The normalized spacial score (nSPS) is 12.7. The van der Waals surface area contributed by atoms with Gasteiger partial charge in [0.25, 0.3) is 0 Å². The minimum atomic E-state index is -6.00. The molecule has 0 unspecified atom stereocenters. The summed E-state index contributed by atoms with van der Waals surface area (Å²) in [4.78, 5) is 0. The first-order valence-electron chi connectivity index (χ1n) is 7.74. The minimum Gasteiger partial charge on any atom is -0.497 e. The van der Waals surface area contributed by atoms with Crippen LogP contribution < -0.4 is 4.74 Å². The fraction of sp³-hybridized carbons (Fsp3) is 0.167. The number of methoxy groups -OCH3 is 1. The van der Waals surface area contributed by atoms with Gasteiger partial charge in [0.05, 0.1) is 23.6 Å². The number of hydrogen-bond donors (Lipinski definition) is 0. The second-order valence-corrected chi connectivity index (χ2v) is 5.66. The topological polar surface area (TPSA) is 20.5 Å². The fourth-order valence-corrected chi connectivity index (χ4v) is 2.93. The molecule has 1 aliphatic carbocycles. The Morgan fingerprint density at radius 3 is 2.32 bits per heavy atom. The molecule has 7 heteroatoms. The molecule has 2 aromatic carbocycles. The van der Waals surface area contributed by atoms with E-state index in [1.165, 1.54) is 22.1 Å². The van der Waals surface area contributed by atoms with Crippen molar-refractivity contribution in [2.45, 2.75) is 12.8 Å². The molecule has 0 aliphatic heterocycles. The van der Waals surface area contributed by atoms with Gasteiger partial charge in [-0.2, -0.15) is 0 Å². The van der Waals surface area contributed by atoms with Crippen molar-refractivity contribution in [1.82, 2.24) is 0 Å². The summed E-state index contributed by atoms with van der Waals surface area (Å²) in [6.45, 7) is 0. The summed E-state index contributed by atoms with van der Waals surface area (Å²) >= 11 is 0. The van der Waals surface area contributed by atoms with E-state index in [4.69, 9.17) is 9.15 Å². The number of aryl methyl sites for hydroxylation is 2. The van der Waals surface area contributed by atoms with Crippen LogP contribution in [-0.2, 0) is 12.8 Å². The minimum absolute atomic E-state index is 0.910. The highest BCUT2D eigenvalue weighted by Crippen LogP contribution is 2.37. The van der Waals surface area contributed by atoms with Crippen molar-refractivity contribution in [2.75, 3.05) is 7.11 Å². The zero-order chi connectivity index (χ0) is 18.0. The van der Waals surface area contributed by atoms with E-state index >= 15 is 0 Å². The van der Waals surface area contributed by atoms with E-state index in [0.29, 0.717) is 0 Å². The monoisotopic (exact) mass is 350 g/mol. The SMILES string of the molecule is COc1ccc2c(c1)CCc1cc3ccccc3[o+]c1-2.F[B-](F)(F)F. The standard InChI is InChI=1S/C18H15O2.BF4/c1-19-15-8-9-16-12(11-15)6-7-14-10-13-4-2-3-5-17(13)20-18(14)16;2-1(3,4)5/h2-5,8-11H,6-7H2,1H3;/q+1;-1. The van der Waals surface area contributed by atoms with Crippen molar-refractivity contribution in [3.8, 4) is 17.1 Å². The Balaban J connectivity index is 0.000000324. The Morgan fingerprint density at radius 1 is 0.920 bits per heavy atom. The van der Waals surface area contributed by atoms with Crippen LogP contribution in [0.25, 0.3) is 22.3 Å². The molecule has 1 heterocycles. The maximum Gasteiger partial charge on any atom is 0.673 e. The van der Waals surface area contributed by atoms with Crippen LogP contribution in [0.4, 0.5) is 17.3 Å². The Labute approximate surface area is 142 Å². The molecule has 130 valence electrons. The van der Waals surface area contributed by atoms with E-state index in [0.717, 1.165) is 29.9 Å². The van der Waals surface area contributed by atoms with Crippen LogP contribution in [0.2, 0.25) is 0 Å². The van der Waals surface area contributed by atoms with Crippen LogP contribution in [0.1, 0.15) is 11.1 Å². The fourth-order valence-electron chi connectivity index (χ4n) is 2.93. The highest BCUT2D eigenvalue weighted by Gasteiger charge is 2.27. The van der Waals surface area contributed by atoms with E-state index in [-0.39, 0.29) is 0 Å². The summed E-state index contributed by atoms with van der Waals surface area (Å²) < 4.78 is 50.5. The lowest BCUT2D eigenvalue weighted by Crippen LogP contribution is -2.04. The van der Waals surface area contributed by atoms with Crippen molar-refractivity contribution < 1.29 is 26.4 Å². The number of hydrogen-bond acceptors (Lipinski definition) is 1. The largest absolute Gasteiger partial charge is 0.673 e. The van der Waals surface area contributed by atoms with Crippen LogP contribution in [0, 0.1) is 0 Å². The van der Waals surface area contributed by atoms with Gasteiger partial charge in [-0.05, 0) is 48.7 Å². The molecule has 0 bridgehead atoms. The number of halogens is 4. The molecule has 0 saturated heterocycles. The summed E-state index contributed by atoms with van der Waals surface area (Å²) in [6.07, 6.45) is 2.05. The predicted molar refractivity (Wildman–Crippen MR) is 90.2 cm³/mol. The molecular formula is C18H15BF4O2.